The van der Waals surface area contributed by atoms with Crippen molar-refractivity contribution in [1.82, 2.24) is 0 Å². The quantitative estimate of drug-likeness (QED) is 0.861. The fourth-order valence-corrected chi connectivity index (χ4v) is 2.24. The number of aliphatic hydroxyl groups excluding tert-OH is 1. The van der Waals surface area contributed by atoms with Crippen LogP contribution in [-0.2, 0) is 12.2 Å². The number of benzene rings is 2. The topological polar surface area (TPSA) is 58.9 Å². The van der Waals surface area contributed by atoms with Crippen LogP contribution in [0.5, 0.6) is 11.5 Å². The minimum absolute atomic E-state index is 0.390. The summed E-state index contributed by atoms with van der Waals surface area (Å²) in [7, 11) is 1.57. The molecule has 2 aromatic carbocycles. The van der Waals surface area contributed by atoms with E-state index in [4.69, 9.17) is 9.47 Å². The zero-order valence-electron chi connectivity index (χ0n) is 13.2. The standard InChI is InChI=1S/C18H22O4/c1-13-9-17(22-11-14-7-5-4-6-8-14)15(10-16(13)21-3)18(2,20)12-19/h4-10,19-20H,11-12H2,1-3H3/t18-/m1/s1. The second-order valence-electron chi connectivity index (χ2n) is 5.52. The van der Waals surface area contributed by atoms with E-state index < -0.39 is 12.2 Å². The first-order valence-corrected chi connectivity index (χ1v) is 7.17. The summed E-state index contributed by atoms with van der Waals surface area (Å²) in [5, 5.41) is 19.8. The van der Waals surface area contributed by atoms with Crippen molar-refractivity contribution in [2.45, 2.75) is 26.1 Å². The molecule has 0 saturated carbocycles. The van der Waals surface area contributed by atoms with Crippen LogP contribution in [0, 0.1) is 6.92 Å². The average molecular weight is 302 g/mol. The molecule has 2 aromatic rings. The molecule has 0 saturated heterocycles. The predicted molar refractivity (Wildman–Crippen MR) is 85.2 cm³/mol. The van der Waals surface area contributed by atoms with Gasteiger partial charge in [-0.05, 0) is 37.1 Å². The van der Waals surface area contributed by atoms with E-state index >= 15 is 0 Å². The number of hydrogen-bond acceptors (Lipinski definition) is 4. The van der Waals surface area contributed by atoms with Crippen LogP contribution in [0.4, 0.5) is 0 Å². The lowest BCUT2D eigenvalue weighted by Gasteiger charge is -2.25. The van der Waals surface area contributed by atoms with Crippen LogP contribution in [0.25, 0.3) is 0 Å². The van der Waals surface area contributed by atoms with Gasteiger partial charge < -0.3 is 19.7 Å². The first-order valence-electron chi connectivity index (χ1n) is 7.17. The zero-order valence-corrected chi connectivity index (χ0v) is 13.2. The summed E-state index contributed by atoms with van der Waals surface area (Å²) in [4.78, 5) is 0. The molecule has 4 heteroatoms. The third kappa shape index (κ3) is 3.59. The molecule has 118 valence electrons. The molecule has 0 bridgehead atoms. The maximum atomic E-state index is 10.4. The van der Waals surface area contributed by atoms with E-state index in [1.54, 1.807) is 20.1 Å². The fraction of sp³-hybridized carbons (Fsp3) is 0.333. The number of ether oxygens (including phenoxy) is 2. The Labute approximate surface area is 130 Å². The lowest BCUT2D eigenvalue weighted by Crippen LogP contribution is -2.26. The number of methoxy groups -OCH3 is 1. The summed E-state index contributed by atoms with van der Waals surface area (Å²) in [6.45, 7) is 3.44. The molecule has 0 aliphatic carbocycles. The number of aliphatic hydroxyl groups is 2. The average Bonchev–Trinajstić information content (AvgIpc) is 2.53. The van der Waals surface area contributed by atoms with Gasteiger partial charge in [0, 0.05) is 5.56 Å². The predicted octanol–water partition coefficient (Wildman–Crippen LogP) is 2.78. The Morgan fingerprint density at radius 3 is 2.36 bits per heavy atom. The van der Waals surface area contributed by atoms with Crippen molar-refractivity contribution in [2.75, 3.05) is 13.7 Å². The number of aryl methyl sites for hydroxylation is 1. The van der Waals surface area contributed by atoms with Gasteiger partial charge in [-0.15, -0.1) is 0 Å². The van der Waals surface area contributed by atoms with Crippen molar-refractivity contribution in [1.29, 1.82) is 0 Å². The molecule has 4 nitrogen and oxygen atoms in total. The Morgan fingerprint density at radius 2 is 1.77 bits per heavy atom. The molecule has 2 rings (SSSR count). The van der Waals surface area contributed by atoms with Gasteiger partial charge in [-0.1, -0.05) is 30.3 Å². The van der Waals surface area contributed by atoms with Gasteiger partial charge in [-0.3, -0.25) is 0 Å². The highest BCUT2D eigenvalue weighted by Crippen LogP contribution is 2.35. The Kier molecular flexibility index (Phi) is 5.06. The smallest absolute Gasteiger partial charge is 0.126 e. The Bertz CT molecular complexity index is 620. The van der Waals surface area contributed by atoms with Crippen molar-refractivity contribution < 1.29 is 19.7 Å². The van der Waals surface area contributed by atoms with Gasteiger partial charge in [-0.25, -0.2) is 0 Å². The highest BCUT2D eigenvalue weighted by molar-refractivity contribution is 5.48. The van der Waals surface area contributed by atoms with Crippen LogP contribution >= 0.6 is 0 Å². The van der Waals surface area contributed by atoms with Crippen molar-refractivity contribution >= 4 is 0 Å². The molecule has 0 aliphatic heterocycles. The zero-order chi connectivity index (χ0) is 16.2. The van der Waals surface area contributed by atoms with Gasteiger partial charge in [0.2, 0.25) is 0 Å². The Balaban J connectivity index is 2.34. The molecule has 1 atom stereocenters. The van der Waals surface area contributed by atoms with E-state index in [-0.39, 0.29) is 0 Å². The number of hydrogen-bond donors (Lipinski definition) is 2. The molecule has 0 spiro atoms. The summed E-state index contributed by atoms with van der Waals surface area (Å²) in [5.41, 5.74) is 1.05. The molecular formula is C18H22O4. The third-order valence-corrected chi connectivity index (χ3v) is 3.62. The summed E-state index contributed by atoms with van der Waals surface area (Å²) in [5.74, 6) is 1.19. The van der Waals surface area contributed by atoms with Gasteiger partial charge in [0.1, 0.15) is 23.7 Å². The summed E-state index contributed by atoms with van der Waals surface area (Å²) >= 11 is 0. The monoisotopic (exact) mass is 302 g/mol. The van der Waals surface area contributed by atoms with Gasteiger partial charge in [-0.2, -0.15) is 0 Å². The molecule has 0 unspecified atom stereocenters. The van der Waals surface area contributed by atoms with Crippen LogP contribution in [-0.4, -0.2) is 23.9 Å². The van der Waals surface area contributed by atoms with E-state index in [9.17, 15) is 10.2 Å². The van der Waals surface area contributed by atoms with Gasteiger partial charge >= 0.3 is 0 Å². The summed E-state index contributed by atoms with van der Waals surface area (Å²) in [6, 6.07) is 13.3. The van der Waals surface area contributed by atoms with Crippen LogP contribution < -0.4 is 9.47 Å². The van der Waals surface area contributed by atoms with Crippen LogP contribution in [0.15, 0.2) is 42.5 Å². The summed E-state index contributed by atoms with van der Waals surface area (Å²) < 4.78 is 11.2. The van der Waals surface area contributed by atoms with E-state index in [0.29, 0.717) is 23.7 Å². The van der Waals surface area contributed by atoms with Crippen molar-refractivity contribution in [3.63, 3.8) is 0 Å². The summed E-state index contributed by atoms with van der Waals surface area (Å²) in [6.07, 6.45) is 0. The normalized spacial score (nSPS) is 13.5. The van der Waals surface area contributed by atoms with E-state index in [1.165, 1.54) is 0 Å². The molecule has 2 N–H and O–H groups in total. The molecule has 22 heavy (non-hydrogen) atoms. The molecule has 0 aliphatic rings. The molecule has 0 radical (unpaired) electrons. The number of rotatable bonds is 6. The van der Waals surface area contributed by atoms with Crippen molar-refractivity contribution in [3.8, 4) is 11.5 Å². The molecule has 0 amide bonds. The minimum atomic E-state index is -1.40. The second kappa shape index (κ2) is 6.81. The SMILES string of the molecule is COc1cc([C@](C)(O)CO)c(OCc2ccccc2)cc1C. The molecule has 0 heterocycles. The molecule has 0 aromatic heterocycles. The van der Waals surface area contributed by atoms with E-state index in [0.717, 1.165) is 11.1 Å². The maximum absolute atomic E-state index is 10.4. The Morgan fingerprint density at radius 1 is 1.09 bits per heavy atom. The third-order valence-electron chi connectivity index (χ3n) is 3.62. The van der Waals surface area contributed by atoms with Gasteiger partial charge in [0.05, 0.1) is 13.7 Å². The van der Waals surface area contributed by atoms with Crippen LogP contribution in [0.1, 0.15) is 23.6 Å². The molecule has 0 fully saturated rings. The van der Waals surface area contributed by atoms with E-state index in [1.807, 2.05) is 43.3 Å². The molecular weight excluding hydrogens is 280 g/mol. The Hall–Kier alpha value is -2.04. The second-order valence-corrected chi connectivity index (χ2v) is 5.52. The lowest BCUT2D eigenvalue weighted by atomic mass is 9.94. The first-order chi connectivity index (χ1) is 10.5. The lowest BCUT2D eigenvalue weighted by molar-refractivity contribution is -0.00476. The van der Waals surface area contributed by atoms with Gasteiger partial charge in [0.15, 0.2) is 0 Å². The highest BCUT2D eigenvalue weighted by Gasteiger charge is 2.27. The van der Waals surface area contributed by atoms with Crippen LogP contribution in [0.2, 0.25) is 0 Å². The fourth-order valence-electron chi connectivity index (χ4n) is 2.24. The minimum Gasteiger partial charge on any atom is -0.496 e. The highest BCUT2D eigenvalue weighted by atomic mass is 16.5. The van der Waals surface area contributed by atoms with Crippen molar-refractivity contribution in [3.05, 3.63) is 59.2 Å². The first kappa shape index (κ1) is 16.3. The maximum Gasteiger partial charge on any atom is 0.126 e. The van der Waals surface area contributed by atoms with Crippen LogP contribution in [0.3, 0.4) is 0 Å². The van der Waals surface area contributed by atoms with Crippen molar-refractivity contribution in [2.24, 2.45) is 0 Å². The van der Waals surface area contributed by atoms with E-state index in [2.05, 4.69) is 0 Å². The van der Waals surface area contributed by atoms with Gasteiger partial charge in [0.25, 0.3) is 0 Å². The largest absolute Gasteiger partial charge is 0.496 e.